The van der Waals surface area contributed by atoms with Crippen molar-refractivity contribution < 1.29 is 4.42 Å². The van der Waals surface area contributed by atoms with Crippen LogP contribution in [0.1, 0.15) is 19.4 Å². The SMILES string of the molecule is CC.Cc1cc2oc3ccccc3c2n(-c2ccccc2)c1=O. The maximum atomic E-state index is 12.6. The standard InChI is InChI=1S/C18H13NO2.C2H6/c1-12-11-16-17(14-9-5-6-10-15(14)21-16)19(18(12)20)13-7-3-2-4-8-13;1-2/h2-11H,1H3;1-2H3. The smallest absolute Gasteiger partial charge is 0.258 e. The monoisotopic (exact) mass is 305 g/mol. The van der Waals surface area contributed by atoms with Gasteiger partial charge in [-0.15, -0.1) is 0 Å². The van der Waals surface area contributed by atoms with Gasteiger partial charge in [0.2, 0.25) is 0 Å². The fourth-order valence-corrected chi connectivity index (χ4v) is 2.74. The van der Waals surface area contributed by atoms with Gasteiger partial charge in [0.25, 0.3) is 5.56 Å². The minimum Gasteiger partial charge on any atom is -0.454 e. The lowest BCUT2D eigenvalue weighted by atomic mass is 10.2. The Morgan fingerprint density at radius 1 is 0.870 bits per heavy atom. The normalized spacial score (nSPS) is 10.6. The van der Waals surface area contributed by atoms with Crippen LogP contribution in [0.25, 0.3) is 27.8 Å². The average Bonchev–Trinajstić information content (AvgIpc) is 2.96. The summed E-state index contributed by atoms with van der Waals surface area (Å²) < 4.78 is 7.62. The van der Waals surface area contributed by atoms with E-state index in [4.69, 9.17) is 4.42 Å². The predicted molar refractivity (Wildman–Crippen MR) is 95.4 cm³/mol. The molecule has 0 unspecified atom stereocenters. The lowest BCUT2D eigenvalue weighted by molar-refractivity contribution is 0.666. The third kappa shape index (κ3) is 2.44. The molecular weight excluding hydrogens is 286 g/mol. The molecule has 0 N–H and O–H groups in total. The Bertz CT molecular complexity index is 1010. The lowest BCUT2D eigenvalue weighted by Gasteiger charge is -2.08. The van der Waals surface area contributed by atoms with Crippen LogP contribution < -0.4 is 5.56 Å². The van der Waals surface area contributed by atoms with E-state index >= 15 is 0 Å². The predicted octanol–water partition coefficient (Wildman–Crippen LogP) is 5.07. The van der Waals surface area contributed by atoms with Crippen molar-refractivity contribution in [2.24, 2.45) is 0 Å². The number of fused-ring (bicyclic) bond motifs is 3. The van der Waals surface area contributed by atoms with E-state index in [1.54, 1.807) is 4.57 Å². The van der Waals surface area contributed by atoms with Crippen LogP contribution in [0.15, 0.2) is 69.9 Å². The number of furan rings is 1. The van der Waals surface area contributed by atoms with E-state index in [-0.39, 0.29) is 5.56 Å². The summed E-state index contributed by atoms with van der Waals surface area (Å²) in [6.45, 7) is 5.81. The molecule has 0 bridgehead atoms. The summed E-state index contributed by atoms with van der Waals surface area (Å²) in [6.07, 6.45) is 0. The molecule has 3 nitrogen and oxygen atoms in total. The number of hydrogen-bond donors (Lipinski definition) is 0. The Balaban J connectivity index is 0.000000753. The van der Waals surface area contributed by atoms with Gasteiger partial charge in [-0.2, -0.15) is 0 Å². The second-order valence-electron chi connectivity index (χ2n) is 5.11. The molecule has 0 fully saturated rings. The quantitative estimate of drug-likeness (QED) is 0.492. The van der Waals surface area contributed by atoms with Gasteiger partial charge in [-0.3, -0.25) is 9.36 Å². The number of para-hydroxylation sites is 2. The third-order valence-corrected chi connectivity index (χ3v) is 3.72. The maximum Gasteiger partial charge on any atom is 0.258 e. The molecule has 2 heterocycles. The average molecular weight is 305 g/mol. The Morgan fingerprint density at radius 2 is 1.52 bits per heavy atom. The highest BCUT2D eigenvalue weighted by Crippen LogP contribution is 2.29. The Kier molecular flexibility index (Phi) is 4.02. The van der Waals surface area contributed by atoms with Gasteiger partial charge in [-0.1, -0.05) is 44.2 Å². The molecule has 2 aromatic carbocycles. The first-order chi connectivity index (χ1) is 11.3. The van der Waals surface area contributed by atoms with E-state index in [1.807, 2.05) is 81.4 Å². The molecule has 0 atom stereocenters. The fourth-order valence-electron chi connectivity index (χ4n) is 2.74. The molecule has 3 heteroatoms. The van der Waals surface area contributed by atoms with Crippen molar-refractivity contribution in [2.45, 2.75) is 20.8 Å². The highest BCUT2D eigenvalue weighted by atomic mass is 16.3. The fraction of sp³-hybridized carbons (Fsp3) is 0.150. The van der Waals surface area contributed by atoms with E-state index in [9.17, 15) is 4.79 Å². The maximum absolute atomic E-state index is 12.6. The molecule has 4 rings (SSSR count). The lowest BCUT2D eigenvalue weighted by Crippen LogP contribution is -2.20. The molecule has 0 aliphatic carbocycles. The summed E-state index contributed by atoms with van der Waals surface area (Å²) in [5.41, 5.74) is 3.86. The largest absolute Gasteiger partial charge is 0.454 e. The zero-order valence-electron chi connectivity index (χ0n) is 13.5. The minimum atomic E-state index is -0.0137. The van der Waals surface area contributed by atoms with E-state index in [1.165, 1.54) is 0 Å². The summed E-state index contributed by atoms with van der Waals surface area (Å²) in [4.78, 5) is 12.6. The molecule has 2 aromatic heterocycles. The first-order valence-corrected chi connectivity index (χ1v) is 7.85. The van der Waals surface area contributed by atoms with Crippen LogP contribution in [0.2, 0.25) is 0 Å². The van der Waals surface area contributed by atoms with E-state index in [2.05, 4.69) is 0 Å². The molecule has 0 spiro atoms. The van der Waals surface area contributed by atoms with Crippen molar-refractivity contribution in [3.8, 4) is 5.69 Å². The van der Waals surface area contributed by atoms with Gasteiger partial charge < -0.3 is 4.42 Å². The number of aromatic nitrogens is 1. The number of rotatable bonds is 1. The molecule has 0 aliphatic heterocycles. The molecular formula is C20H19NO2. The molecule has 4 aromatic rings. The van der Waals surface area contributed by atoms with Gasteiger partial charge in [-0.25, -0.2) is 0 Å². The first kappa shape index (κ1) is 15.1. The molecule has 23 heavy (non-hydrogen) atoms. The first-order valence-electron chi connectivity index (χ1n) is 7.85. The topological polar surface area (TPSA) is 35.1 Å². The van der Waals surface area contributed by atoms with Crippen molar-refractivity contribution in [1.82, 2.24) is 4.57 Å². The van der Waals surface area contributed by atoms with Crippen LogP contribution in [0.4, 0.5) is 0 Å². The third-order valence-electron chi connectivity index (χ3n) is 3.72. The van der Waals surface area contributed by atoms with Crippen LogP contribution >= 0.6 is 0 Å². The second kappa shape index (κ2) is 6.13. The molecule has 0 radical (unpaired) electrons. The van der Waals surface area contributed by atoms with Gasteiger partial charge >= 0.3 is 0 Å². The summed E-state index contributed by atoms with van der Waals surface area (Å²) in [7, 11) is 0. The van der Waals surface area contributed by atoms with Crippen LogP contribution in [0, 0.1) is 6.92 Å². The second-order valence-corrected chi connectivity index (χ2v) is 5.11. The highest BCUT2D eigenvalue weighted by molar-refractivity contribution is 6.03. The zero-order chi connectivity index (χ0) is 16.4. The van der Waals surface area contributed by atoms with E-state index < -0.39 is 0 Å². The van der Waals surface area contributed by atoms with Gasteiger partial charge in [0.15, 0.2) is 5.58 Å². The van der Waals surface area contributed by atoms with Crippen LogP contribution in [0.3, 0.4) is 0 Å². The van der Waals surface area contributed by atoms with Crippen molar-refractivity contribution in [3.05, 3.63) is 76.6 Å². The Labute approximate surface area is 134 Å². The van der Waals surface area contributed by atoms with Crippen molar-refractivity contribution in [2.75, 3.05) is 0 Å². The molecule has 116 valence electrons. The van der Waals surface area contributed by atoms with Gasteiger partial charge in [0.05, 0.1) is 0 Å². The highest BCUT2D eigenvalue weighted by Gasteiger charge is 2.15. The van der Waals surface area contributed by atoms with Crippen LogP contribution in [-0.4, -0.2) is 4.57 Å². The summed E-state index contributed by atoms with van der Waals surface area (Å²) in [6, 6.07) is 19.3. The Hall–Kier alpha value is -2.81. The molecule has 0 aliphatic rings. The zero-order valence-corrected chi connectivity index (χ0v) is 13.5. The minimum absolute atomic E-state index is 0.0137. The Morgan fingerprint density at radius 3 is 2.26 bits per heavy atom. The van der Waals surface area contributed by atoms with Gasteiger partial charge in [0.1, 0.15) is 11.1 Å². The van der Waals surface area contributed by atoms with E-state index in [0.29, 0.717) is 5.56 Å². The van der Waals surface area contributed by atoms with Crippen molar-refractivity contribution in [1.29, 1.82) is 0 Å². The number of aryl methyl sites for hydroxylation is 1. The number of benzene rings is 2. The summed E-state index contributed by atoms with van der Waals surface area (Å²) in [5, 5.41) is 0.952. The van der Waals surface area contributed by atoms with Crippen LogP contribution in [-0.2, 0) is 0 Å². The number of hydrogen-bond acceptors (Lipinski definition) is 2. The van der Waals surface area contributed by atoms with Gasteiger partial charge in [0, 0.05) is 16.6 Å². The van der Waals surface area contributed by atoms with Crippen molar-refractivity contribution >= 4 is 22.1 Å². The molecule has 0 saturated carbocycles. The van der Waals surface area contributed by atoms with E-state index in [0.717, 1.165) is 27.8 Å². The summed E-state index contributed by atoms with van der Waals surface area (Å²) in [5.74, 6) is 0. The molecule has 0 amide bonds. The summed E-state index contributed by atoms with van der Waals surface area (Å²) >= 11 is 0. The number of pyridine rings is 1. The van der Waals surface area contributed by atoms with Gasteiger partial charge in [-0.05, 0) is 37.3 Å². The van der Waals surface area contributed by atoms with Crippen LogP contribution in [0.5, 0.6) is 0 Å². The number of nitrogens with zero attached hydrogens (tertiary/aromatic N) is 1. The molecule has 0 saturated heterocycles. The van der Waals surface area contributed by atoms with Crippen molar-refractivity contribution in [3.63, 3.8) is 0 Å².